The molecule has 5 rings (SSSR count). The molecule has 2 aromatic rings. The zero-order chi connectivity index (χ0) is 15.8. The van der Waals surface area contributed by atoms with Gasteiger partial charge in [-0.05, 0) is 41.0 Å². The third kappa shape index (κ3) is 2.37. The predicted molar refractivity (Wildman–Crippen MR) is 92.6 cm³/mol. The van der Waals surface area contributed by atoms with Gasteiger partial charge in [-0.15, -0.1) is 0 Å². The van der Waals surface area contributed by atoms with Crippen molar-refractivity contribution in [2.24, 2.45) is 5.92 Å². The van der Waals surface area contributed by atoms with Crippen molar-refractivity contribution >= 4 is 5.91 Å². The third-order valence-corrected chi connectivity index (χ3v) is 5.46. The maximum Gasteiger partial charge on any atom is 0.219 e. The Morgan fingerprint density at radius 2 is 1.57 bits per heavy atom. The van der Waals surface area contributed by atoms with Gasteiger partial charge in [0.05, 0.1) is 0 Å². The van der Waals surface area contributed by atoms with Gasteiger partial charge in [0.25, 0.3) is 0 Å². The summed E-state index contributed by atoms with van der Waals surface area (Å²) in [6, 6.07) is 17.7. The fourth-order valence-electron chi connectivity index (χ4n) is 4.52. The number of fused-ring (bicyclic) bond motifs is 1. The first kappa shape index (κ1) is 14.5. The van der Waals surface area contributed by atoms with E-state index >= 15 is 0 Å². The van der Waals surface area contributed by atoms with Gasteiger partial charge < -0.3 is 5.32 Å². The van der Waals surface area contributed by atoms with Gasteiger partial charge in [-0.2, -0.15) is 0 Å². The molecule has 0 saturated carbocycles. The van der Waals surface area contributed by atoms with Crippen molar-refractivity contribution in [2.75, 3.05) is 6.54 Å². The van der Waals surface area contributed by atoms with Gasteiger partial charge in [-0.3, -0.25) is 4.79 Å². The first-order valence-electron chi connectivity index (χ1n) is 8.74. The lowest BCUT2D eigenvalue weighted by molar-refractivity contribution is -0.121. The van der Waals surface area contributed by atoms with Crippen LogP contribution in [0.25, 0.3) is 0 Å². The number of carbonyl (C=O) groups is 1. The van der Waals surface area contributed by atoms with Crippen molar-refractivity contribution in [3.63, 3.8) is 0 Å². The van der Waals surface area contributed by atoms with Crippen molar-refractivity contribution in [1.29, 1.82) is 0 Å². The Balaban J connectivity index is 1.67. The zero-order valence-electron chi connectivity index (χ0n) is 13.6. The number of nitrogens with one attached hydrogen (secondary N) is 1. The van der Waals surface area contributed by atoms with E-state index < -0.39 is 0 Å². The van der Waals surface area contributed by atoms with Crippen LogP contribution in [0.3, 0.4) is 0 Å². The Bertz CT molecular complexity index is 689. The van der Waals surface area contributed by atoms with Gasteiger partial charge in [0.2, 0.25) is 5.91 Å². The van der Waals surface area contributed by atoms with Crippen LogP contribution in [0.4, 0.5) is 0 Å². The van der Waals surface area contributed by atoms with Crippen LogP contribution in [-0.4, -0.2) is 12.5 Å². The Labute approximate surface area is 137 Å². The quantitative estimate of drug-likeness (QED) is 0.901. The summed E-state index contributed by atoms with van der Waals surface area (Å²) >= 11 is 0. The van der Waals surface area contributed by atoms with Gasteiger partial charge in [0.1, 0.15) is 0 Å². The molecule has 0 spiro atoms. The molecule has 3 aliphatic rings. The highest BCUT2D eigenvalue weighted by Crippen LogP contribution is 2.55. The smallest absolute Gasteiger partial charge is 0.219 e. The summed E-state index contributed by atoms with van der Waals surface area (Å²) in [5.74, 6) is 1.61. The Kier molecular flexibility index (Phi) is 3.68. The summed E-state index contributed by atoms with van der Waals surface area (Å²) in [6.45, 7) is 2.84. The minimum atomic E-state index is 0.190. The van der Waals surface area contributed by atoms with Crippen LogP contribution in [0.15, 0.2) is 48.5 Å². The van der Waals surface area contributed by atoms with Crippen molar-refractivity contribution in [2.45, 2.75) is 38.0 Å². The van der Waals surface area contributed by atoms with E-state index in [1.807, 2.05) is 0 Å². The normalized spacial score (nSPS) is 24.0. The largest absolute Gasteiger partial charge is 0.356 e. The summed E-state index contributed by atoms with van der Waals surface area (Å²) < 4.78 is 0. The van der Waals surface area contributed by atoms with Crippen molar-refractivity contribution in [1.82, 2.24) is 5.32 Å². The molecule has 0 saturated heterocycles. The SMILES string of the molecule is CCCC(=O)NC[C@H]1CC2c3ccccc3C1c1ccccc12. The summed E-state index contributed by atoms with van der Waals surface area (Å²) in [5.41, 5.74) is 5.93. The second-order valence-electron chi connectivity index (χ2n) is 6.84. The molecule has 2 heteroatoms. The van der Waals surface area contributed by atoms with Crippen LogP contribution in [0.2, 0.25) is 0 Å². The Morgan fingerprint density at radius 1 is 1.00 bits per heavy atom. The molecule has 2 nitrogen and oxygen atoms in total. The molecule has 0 aromatic heterocycles. The lowest BCUT2D eigenvalue weighted by Gasteiger charge is -2.45. The zero-order valence-corrected chi connectivity index (χ0v) is 13.6. The third-order valence-electron chi connectivity index (χ3n) is 5.46. The predicted octanol–water partition coefficient (Wildman–Crippen LogP) is 4.20. The van der Waals surface area contributed by atoms with E-state index in [0.29, 0.717) is 24.2 Å². The molecule has 0 fully saturated rings. The summed E-state index contributed by atoms with van der Waals surface area (Å²) in [6.07, 6.45) is 2.69. The lowest BCUT2D eigenvalue weighted by atomic mass is 9.59. The fraction of sp³-hybridized carbons (Fsp3) is 0.381. The Morgan fingerprint density at radius 3 is 2.13 bits per heavy atom. The standard InChI is InChI=1S/C21H23NO/c1-2-7-20(23)22-13-14-12-19-15-8-3-5-10-17(15)21(14)18-11-6-4-9-16(18)19/h3-6,8-11,14,19,21H,2,7,12-13H2,1H3,(H,22,23)/t14-,19?,21?/m1/s1. The molecule has 0 aliphatic heterocycles. The molecule has 1 N–H and O–H groups in total. The van der Waals surface area contributed by atoms with Crippen LogP contribution in [0.5, 0.6) is 0 Å². The van der Waals surface area contributed by atoms with Crippen LogP contribution in [0.1, 0.15) is 60.3 Å². The fourth-order valence-corrected chi connectivity index (χ4v) is 4.52. The summed E-state index contributed by atoms with van der Waals surface area (Å²) in [7, 11) is 0. The van der Waals surface area contributed by atoms with E-state index in [4.69, 9.17) is 0 Å². The van der Waals surface area contributed by atoms with Gasteiger partial charge >= 0.3 is 0 Å². The van der Waals surface area contributed by atoms with Crippen LogP contribution < -0.4 is 5.32 Å². The molecular formula is C21H23NO. The maximum absolute atomic E-state index is 11.9. The highest BCUT2D eigenvalue weighted by Gasteiger charge is 2.42. The maximum atomic E-state index is 11.9. The van der Waals surface area contributed by atoms with Gasteiger partial charge in [-0.1, -0.05) is 55.5 Å². The number of rotatable bonds is 4. The highest BCUT2D eigenvalue weighted by atomic mass is 16.1. The minimum Gasteiger partial charge on any atom is -0.356 e. The van der Waals surface area contributed by atoms with Crippen LogP contribution >= 0.6 is 0 Å². The van der Waals surface area contributed by atoms with E-state index in [1.54, 1.807) is 0 Å². The van der Waals surface area contributed by atoms with E-state index in [1.165, 1.54) is 22.3 Å². The number of benzene rings is 2. The van der Waals surface area contributed by atoms with E-state index in [0.717, 1.165) is 19.4 Å². The van der Waals surface area contributed by atoms with Crippen molar-refractivity contribution in [3.8, 4) is 0 Å². The monoisotopic (exact) mass is 305 g/mol. The van der Waals surface area contributed by atoms with E-state index in [-0.39, 0.29) is 5.91 Å². The van der Waals surface area contributed by atoms with Gasteiger partial charge in [-0.25, -0.2) is 0 Å². The molecule has 23 heavy (non-hydrogen) atoms. The molecule has 1 amide bonds. The molecule has 118 valence electrons. The number of hydrogen-bond acceptors (Lipinski definition) is 1. The van der Waals surface area contributed by atoms with E-state index in [2.05, 4.69) is 60.8 Å². The first-order valence-corrected chi connectivity index (χ1v) is 8.74. The Hall–Kier alpha value is -2.09. The minimum absolute atomic E-state index is 0.190. The molecule has 0 heterocycles. The topological polar surface area (TPSA) is 29.1 Å². The molecule has 1 atom stereocenters. The van der Waals surface area contributed by atoms with Crippen LogP contribution in [-0.2, 0) is 4.79 Å². The first-order chi connectivity index (χ1) is 11.3. The molecular weight excluding hydrogens is 282 g/mol. The van der Waals surface area contributed by atoms with Crippen molar-refractivity contribution in [3.05, 3.63) is 70.8 Å². The highest BCUT2D eigenvalue weighted by molar-refractivity contribution is 5.75. The number of hydrogen-bond donors (Lipinski definition) is 1. The summed E-state index contributed by atoms with van der Waals surface area (Å²) in [4.78, 5) is 11.9. The molecule has 3 aliphatic carbocycles. The van der Waals surface area contributed by atoms with Gasteiger partial charge in [0, 0.05) is 24.8 Å². The van der Waals surface area contributed by atoms with Gasteiger partial charge in [0.15, 0.2) is 0 Å². The van der Waals surface area contributed by atoms with E-state index in [9.17, 15) is 4.79 Å². The summed E-state index contributed by atoms with van der Waals surface area (Å²) in [5, 5.41) is 3.16. The molecule has 2 bridgehead atoms. The molecule has 0 radical (unpaired) electrons. The average Bonchev–Trinajstić information content (AvgIpc) is 2.60. The second-order valence-corrected chi connectivity index (χ2v) is 6.84. The lowest BCUT2D eigenvalue weighted by Crippen LogP contribution is -2.39. The number of amides is 1. The molecule has 2 aromatic carbocycles. The number of carbonyl (C=O) groups excluding carboxylic acids is 1. The second kappa shape index (κ2) is 5.84. The molecule has 0 unspecified atom stereocenters. The van der Waals surface area contributed by atoms with Crippen molar-refractivity contribution < 1.29 is 4.79 Å². The average molecular weight is 305 g/mol. The van der Waals surface area contributed by atoms with Crippen LogP contribution in [0, 0.1) is 5.92 Å².